The number of aromatic nitrogens is 2. The molecule has 2 heterocycles. The molecule has 0 unspecified atom stereocenters. The molecule has 2 fully saturated rings. The second kappa shape index (κ2) is 6.71. The summed E-state index contributed by atoms with van der Waals surface area (Å²) in [6.07, 6.45) is 6.71. The van der Waals surface area contributed by atoms with Crippen molar-refractivity contribution in [3.05, 3.63) is 18.1 Å². The maximum Gasteiger partial charge on any atom is 0.147 e. The van der Waals surface area contributed by atoms with Gasteiger partial charge >= 0.3 is 0 Å². The second-order valence-corrected chi connectivity index (χ2v) is 6.63. The third-order valence-corrected chi connectivity index (χ3v) is 4.29. The molecule has 0 bridgehead atoms. The van der Waals surface area contributed by atoms with Crippen LogP contribution in [0.3, 0.4) is 0 Å². The van der Waals surface area contributed by atoms with E-state index in [1.54, 1.807) is 0 Å². The van der Waals surface area contributed by atoms with E-state index in [0.29, 0.717) is 6.04 Å². The fourth-order valence-electron chi connectivity index (χ4n) is 2.74. The molecule has 2 aliphatic rings. The van der Waals surface area contributed by atoms with Crippen molar-refractivity contribution in [3.8, 4) is 0 Å². The molecule has 0 aromatic carbocycles. The van der Waals surface area contributed by atoms with Crippen LogP contribution in [0.1, 0.15) is 32.4 Å². The van der Waals surface area contributed by atoms with Crippen molar-refractivity contribution in [2.75, 3.05) is 37.6 Å². The third-order valence-electron chi connectivity index (χ3n) is 4.29. The second-order valence-electron chi connectivity index (χ2n) is 6.63. The lowest BCUT2D eigenvalue weighted by Crippen LogP contribution is -2.47. The molecule has 1 aromatic heterocycles. The Labute approximate surface area is 127 Å². The summed E-state index contributed by atoms with van der Waals surface area (Å²) in [5, 5.41) is 3.37. The topological polar surface area (TPSA) is 44.3 Å². The van der Waals surface area contributed by atoms with Gasteiger partial charge in [-0.2, -0.15) is 0 Å². The molecule has 0 spiro atoms. The molecule has 5 nitrogen and oxygen atoms in total. The molecule has 116 valence electrons. The monoisotopic (exact) mass is 289 g/mol. The minimum atomic E-state index is 0.478. The first kappa shape index (κ1) is 14.7. The zero-order valence-corrected chi connectivity index (χ0v) is 13.3. The average molecular weight is 289 g/mol. The summed E-state index contributed by atoms with van der Waals surface area (Å²) >= 11 is 0. The maximum atomic E-state index is 4.58. The van der Waals surface area contributed by atoms with Gasteiger partial charge < -0.3 is 10.2 Å². The Hall–Kier alpha value is -1.20. The van der Waals surface area contributed by atoms with E-state index in [0.717, 1.165) is 50.2 Å². The summed E-state index contributed by atoms with van der Waals surface area (Å²) in [6.45, 7) is 10.9. The highest BCUT2D eigenvalue weighted by atomic mass is 15.3. The van der Waals surface area contributed by atoms with Gasteiger partial charge in [0.15, 0.2) is 0 Å². The van der Waals surface area contributed by atoms with Gasteiger partial charge in [-0.1, -0.05) is 13.8 Å². The molecule has 1 aliphatic carbocycles. The van der Waals surface area contributed by atoms with Crippen molar-refractivity contribution in [1.82, 2.24) is 20.2 Å². The van der Waals surface area contributed by atoms with Gasteiger partial charge in [-0.15, -0.1) is 0 Å². The predicted octanol–water partition coefficient (Wildman–Crippen LogP) is 1.51. The fourth-order valence-corrected chi connectivity index (χ4v) is 2.74. The SMILES string of the molecule is CC(C)NCc1cnc(N2CCN(CC3CC3)CC2)cn1. The number of piperazine rings is 1. The van der Waals surface area contributed by atoms with E-state index < -0.39 is 0 Å². The number of hydrogen-bond acceptors (Lipinski definition) is 5. The van der Waals surface area contributed by atoms with Crippen molar-refractivity contribution in [3.63, 3.8) is 0 Å². The van der Waals surface area contributed by atoms with Crippen LogP contribution in [-0.4, -0.2) is 53.6 Å². The number of hydrogen-bond donors (Lipinski definition) is 1. The van der Waals surface area contributed by atoms with E-state index in [-0.39, 0.29) is 0 Å². The van der Waals surface area contributed by atoms with Crippen LogP contribution in [0.4, 0.5) is 5.82 Å². The van der Waals surface area contributed by atoms with Crippen LogP contribution in [0.5, 0.6) is 0 Å². The molecule has 0 radical (unpaired) electrons. The summed E-state index contributed by atoms with van der Waals surface area (Å²) in [6, 6.07) is 0.478. The van der Waals surface area contributed by atoms with Crippen LogP contribution < -0.4 is 10.2 Å². The Morgan fingerprint density at radius 3 is 2.48 bits per heavy atom. The largest absolute Gasteiger partial charge is 0.353 e. The predicted molar refractivity (Wildman–Crippen MR) is 85.4 cm³/mol. The first-order valence-electron chi connectivity index (χ1n) is 8.22. The summed E-state index contributed by atoms with van der Waals surface area (Å²) in [5.74, 6) is 2.01. The minimum Gasteiger partial charge on any atom is -0.353 e. The van der Waals surface area contributed by atoms with E-state index in [9.17, 15) is 0 Å². The number of rotatable bonds is 6. The van der Waals surface area contributed by atoms with Crippen molar-refractivity contribution < 1.29 is 0 Å². The standard InChI is InChI=1S/C16H27N5/c1-13(2)17-9-15-10-19-16(11-18-15)21-7-5-20(6-8-21)12-14-3-4-14/h10-11,13-14,17H,3-9,12H2,1-2H3. The quantitative estimate of drug-likeness (QED) is 0.860. The third kappa shape index (κ3) is 4.38. The maximum absolute atomic E-state index is 4.58. The average Bonchev–Trinajstić information content (AvgIpc) is 3.30. The Kier molecular flexibility index (Phi) is 4.70. The number of nitrogens with one attached hydrogen (secondary N) is 1. The minimum absolute atomic E-state index is 0.478. The molecule has 1 saturated heterocycles. The van der Waals surface area contributed by atoms with E-state index in [1.807, 2.05) is 12.4 Å². The molecular weight excluding hydrogens is 262 g/mol. The first-order valence-corrected chi connectivity index (χ1v) is 8.22. The normalized spacial score (nSPS) is 20.2. The van der Waals surface area contributed by atoms with Crippen LogP contribution in [0.15, 0.2) is 12.4 Å². The van der Waals surface area contributed by atoms with Crippen LogP contribution >= 0.6 is 0 Å². The zero-order valence-electron chi connectivity index (χ0n) is 13.3. The lowest BCUT2D eigenvalue weighted by molar-refractivity contribution is 0.247. The molecule has 3 rings (SSSR count). The summed E-state index contributed by atoms with van der Waals surface area (Å²) in [4.78, 5) is 14.1. The molecular formula is C16H27N5. The summed E-state index contributed by atoms with van der Waals surface area (Å²) < 4.78 is 0. The van der Waals surface area contributed by atoms with Gasteiger partial charge in [-0.05, 0) is 18.8 Å². The van der Waals surface area contributed by atoms with Crippen LogP contribution in [0.25, 0.3) is 0 Å². The fraction of sp³-hybridized carbons (Fsp3) is 0.750. The molecule has 0 amide bonds. The molecule has 21 heavy (non-hydrogen) atoms. The Morgan fingerprint density at radius 1 is 1.14 bits per heavy atom. The zero-order chi connectivity index (χ0) is 14.7. The lowest BCUT2D eigenvalue weighted by atomic mass is 10.3. The van der Waals surface area contributed by atoms with Crippen molar-refractivity contribution in [2.45, 2.75) is 39.3 Å². The van der Waals surface area contributed by atoms with Gasteiger partial charge in [0.2, 0.25) is 0 Å². The Morgan fingerprint density at radius 2 is 1.90 bits per heavy atom. The molecule has 1 N–H and O–H groups in total. The van der Waals surface area contributed by atoms with Crippen LogP contribution in [0.2, 0.25) is 0 Å². The molecule has 1 saturated carbocycles. The Balaban J connectivity index is 1.48. The van der Waals surface area contributed by atoms with Gasteiger partial charge in [0.05, 0.1) is 18.1 Å². The molecule has 1 aliphatic heterocycles. The highest BCUT2D eigenvalue weighted by Crippen LogP contribution is 2.30. The highest BCUT2D eigenvalue weighted by molar-refractivity contribution is 5.36. The van der Waals surface area contributed by atoms with Crippen LogP contribution in [-0.2, 0) is 6.54 Å². The first-order chi connectivity index (χ1) is 10.2. The molecule has 5 heteroatoms. The summed E-state index contributed by atoms with van der Waals surface area (Å²) in [5.41, 5.74) is 1.01. The van der Waals surface area contributed by atoms with E-state index in [4.69, 9.17) is 0 Å². The van der Waals surface area contributed by atoms with E-state index in [2.05, 4.69) is 38.9 Å². The number of nitrogens with zero attached hydrogens (tertiary/aromatic N) is 4. The van der Waals surface area contributed by atoms with Gasteiger partial charge in [0.1, 0.15) is 5.82 Å². The van der Waals surface area contributed by atoms with Gasteiger partial charge in [0.25, 0.3) is 0 Å². The number of anilines is 1. The summed E-state index contributed by atoms with van der Waals surface area (Å²) in [7, 11) is 0. The van der Waals surface area contributed by atoms with Gasteiger partial charge in [-0.25, -0.2) is 4.98 Å². The van der Waals surface area contributed by atoms with Crippen LogP contribution in [0, 0.1) is 5.92 Å². The van der Waals surface area contributed by atoms with E-state index in [1.165, 1.54) is 19.4 Å². The van der Waals surface area contributed by atoms with Crippen molar-refractivity contribution in [1.29, 1.82) is 0 Å². The van der Waals surface area contributed by atoms with Gasteiger partial charge in [-0.3, -0.25) is 9.88 Å². The van der Waals surface area contributed by atoms with Gasteiger partial charge in [0, 0.05) is 45.3 Å². The van der Waals surface area contributed by atoms with Crippen molar-refractivity contribution in [2.24, 2.45) is 5.92 Å². The van der Waals surface area contributed by atoms with E-state index >= 15 is 0 Å². The highest BCUT2D eigenvalue weighted by Gasteiger charge is 2.26. The van der Waals surface area contributed by atoms with Crippen molar-refractivity contribution >= 4 is 5.82 Å². The smallest absolute Gasteiger partial charge is 0.147 e. The Bertz CT molecular complexity index is 432. The molecule has 1 aromatic rings. The molecule has 0 atom stereocenters. The lowest BCUT2D eigenvalue weighted by Gasteiger charge is -2.35.